The van der Waals surface area contributed by atoms with Crippen molar-refractivity contribution in [1.82, 2.24) is 14.8 Å². The minimum absolute atomic E-state index is 0.0107. The quantitative estimate of drug-likeness (QED) is 0.622. The molecule has 30 heavy (non-hydrogen) atoms. The number of carbonyl (C=O) groups excluding carboxylic acids is 2. The lowest BCUT2D eigenvalue weighted by Crippen LogP contribution is -2.39. The van der Waals surface area contributed by atoms with Gasteiger partial charge in [0.15, 0.2) is 5.13 Å². The molecule has 7 nitrogen and oxygen atoms in total. The second-order valence-corrected chi connectivity index (χ2v) is 9.72. The standard InChI is InChI=1S/C20H22ClN5O2S2/c1-24(2)20-23-17-15(30-20)12-16(29-17)18(27)25-8-3-9-26(11-10-25)19(28)22-14-6-4-13(21)5-7-14/h4-7,12H,3,8-11H2,1-2H3,(H,22,28). The van der Waals surface area contributed by atoms with Crippen LogP contribution in [0.5, 0.6) is 0 Å². The average molecular weight is 464 g/mol. The van der Waals surface area contributed by atoms with E-state index in [0.29, 0.717) is 41.8 Å². The first kappa shape index (κ1) is 20.9. The van der Waals surface area contributed by atoms with E-state index < -0.39 is 0 Å². The van der Waals surface area contributed by atoms with Gasteiger partial charge in [0.25, 0.3) is 5.91 Å². The number of thiophene rings is 1. The zero-order chi connectivity index (χ0) is 21.3. The van der Waals surface area contributed by atoms with Crippen LogP contribution in [0.2, 0.25) is 5.02 Å². The zero-order valence-corrected chi connectivity index (χ0v) is 19.1. The number of carbonyl (C=O) groups is 2. The van der Waals surface area contributed by atoms with E-state index >= 15 is 0 Å². The number of nitrogens with zero attached hydrogens (tertiary/aromatic N) is 4. The van der Waals surface area contributed by atoms with Gasteiger partial charge in [0.2, 0.25) is 0 Å². The van der Waals surface area contributed by atoms with Gasteiger partial charge in [0.1, 0.15) is 4.83 Å². The van der Waals surface area contributed by atoms with Crippen LogP contribution in [-0.4, -0.2) is 67.0 Å². The number of urea groups is 1. The van der Waals surface area contributed by atoms with Crippen LogP contribution in [0.1, 0.15) is 16.1 Å². The Morgan fingerprint density at radius 2 is 1.77 bits per heavy atom. The molecule has 4 rings (SSSR count). The monoisotopic (exact) mass is 463 g/mol. The van der Waals surface area contributed by atoms with Crippen molar-refractivity contribution >= 4 is 66.6 Å². The molecule has 3 amide bonds. The van der Waals surface area contributed by atoms with Crippen LogP contribution >= 0.6 is 34.3 Å². The summed E-state index contributed by atoms with van der Waals surface area (Å²) in [5.41, 5.74) is 0.699. The van der Waals surface area contributed by atoms with Crippen molar-refractivity contribution < 1.29 is 9.59 Å². The summed E-state index contributed by atoms with van der Waals surface area (Å²) < 4.78 is 1.03. The molecule has 3 aromatic rings. The van der Waals surface area contributed by atoms with Crippen LogP contribution in [0.15, 0.2) is 30.3 Å². The van der Waals surface area contributed by atoms with E-state index in [2.05, 4.69) is 10.3 Å². The highest BCUT2D eigenvalue weighted by atomic mass is 35.5. The first-order valence-corrected chi connectivity index (χ1v) is 11.6. The average Bonchev–Trinajstić information content (AvgIpc) is 3.19. The van der Waals surface area contributed by atoms with Crippen LogP contribution in [0.25, 0.3) is 9.53 Å². The molecule has 0 bridgehead atoms. The highest BCUT2D eigenvalue weighted by Gasteiger charge is 2.24. The van der Waals surface area contributed by atoms with Crippen LogP contribution in [0.4, 0.5) is 15.6 Å². The van der Waals surface area contributed by atoms with Crippen molar-refractivity contribution in [2.45, 2.75) is 6.42 Å². The molecule has 0 spiro atoms. The number of halogens is 1. The molecule has 1 aliphatic heterocycles. The fraction of sp³-hybridized carbons (Fsp3) is 0.350. The number of thiazole rings is 1. The Kier molecular flexibility index (Phi) is 6.12. The number of hydrogen-bond donors (Lipinski definition) is 1. The fourth-order valence-electron chi connectivity index (χ4n) is 3.24. The molecule has 0 atom stereocenters. The minimum atomic E-state index is -0.163. The van der Waals surface area contributed by atoms with Crippen molar-refractivity contribution in [3.63, 3.8) is 0 Å². The summed E-state index contributed by atoms with van der Waals surface area (Å²) in [6.45, 7) is 2.24. The van der Waals surface area contributed by atoms with Gasteiger partial charge in [-0.05, 0) is 36.8 Å². The molecule has 0 saturated carbocycles. The third kappa shape index (κ3) is 4.53. The summed E-state index contributed by atoms with van der Waals surface area (Å²) in [7, 11) is 3.92. The number of anilines is 2. The summed E-state index contributed by atoms with van der Waals surface area (Å²) >= 11 is 8.91. The van der Waals surface area contributed by atoms with Crippen molar-refractivity contribution in [3.8, 4) is 0 Å². The van der Waals surface area contributed by atoms with Crippen LogP contribution < -0.4 is 10.2 Å². The predicted molar refractivity (Wildman–Crippen MR) is 124 cm³/mol. The lowest BCUT2D eigenvalue weighted by atomic mass is 10.3. The number of fused-ring (bicyclic) bond motifs is 1. The van der Waals surface area contributed by atoms with Gasteiger partial charge in [-0.3, -0.25) is 4.79 Å². The van der Waals surface area contributed by atoms with Crippen LogP contribution in [-0.2, 0) is 0 Å². The van der Waals surface area contributed by atoms with Crippen LogP contribution in [0, 0.1) is 0 Å². The number of benzene rings is 1. The van der Waals surface area contributed by atoms with Gasteiger partial charge in [-0.15, -0.1) is 11.3 Å². The Hall–Kier alpha value is -2.36. The smallest absolute Gasteiger partial charge is 0.321 e. The molecule has 1 saturated heterocycles. The Morgan fingerprint density at radius 3 is 2.47 bits per heavy atom. The van der Waals surface area contributed by atoms with Crippen LogP contribution in [0.3, 0.4) is 0 Å². The maximum atomic E-state index is 13.0. The molecular formula is C20H22ClN5O2S2. The zero-order valence-electron chi connectivity index (χ0n) is 16.7. The second kappa shape index (κ2) is 8.79. The predicted octanol–water partition coefficient (Wildman–Crippen LogP) is 4.46. The molecule has 3 heterocycles. The molecule has 1 aromatic carbocycles. The SMILES string of the molecule is CN(C)c1nc2sc(C(=O)N3CCCN(C(=O)Nc4ccc(Cl)cc4)CC3)cc2s1. The molecule has 1 N–H and O–H groups in total. The number of rotatable bonds is 3. The molecule has 1 aliphatic rings. The maximum Gasteiger partial charge on any atom is 0.321 e. The van der Waals surface area contributed by atoms with Gasteiger partial charge in [-0.1, -0.05) is 22.9 Å². The Balaban J connectivity index is 1.38. The first-order chi connectivity index (χ1) is 14.4. The highest BCUT2D eigenvalue weighted by Crippen LogP contribution is 2.34. The fourth-order valence-corrected chi connectivity index (χ4v) is 5.46. The third-order valence-electron chi connectivity index (χ3n) is 4.84. The molecule has 158 valence electrons. The topological polar surface area (TPSA) is 68.8 Å². The Bertz CT molecular complexity index is 1030. The maximum absolute atomic E-state index is 13.0. The summed E-state index contributed by atoms with van der Waals surface area (Å²) in [6, 6.07) is 8.79. The number of aromatic nitrogens is 1. The van der Waals surface area contributed by atoms with Gasteiger partial charge in [0.05, 0.1) is 9.58 Å². The normalized spacial score (nSPS) is 14.6. The van der Waals surface area contributed by atoms with Crippen molar-refractivity contribution in [2.24, 2.45) is 0 Å². The van der Waals surface area contributed by atoms with E-state index in [9.17, 15) is 9.59 Å². The Labute approximate surface area is 187 Å². The largest absolute Gasteiger partial charge is 0.354 e. The first-order valence-electron chi connectivity index (χ1n) is 9.59. The molecule has 10 heteroatoms. The summed E-state index contributed by atoms with van der Waals surface area (Å²) in [6.07, 6.45) is 0.739. The molecule has 0 aliphatic carbocycles. The van der Waals surface area contributed by atoms with Gasteiger partial charge < -0.3 is 20.0 Å². The van der Waals surface area contributed by atoms with E-state index in [-0.39, 0.29) is 11.9 Å². The molecule has 0 unspecified atom stereocenters. The molecule has 1 fully saturated rings. The number of nitrogens with one attached hydrogen (secondary N) is 1. The van der Waals surface area contributed by atoms with Crippen molar-refractivity contribution in [2.75, 3.05) is 50.5 Å². The van der Waals surface area contributed by atoms with E-state index in [1.165, 1.54) is 11.3 Å². The van der Waals surface area contributed by atoms with E-state index in [4.69, 9.17) is 11.6 Å². The van der Waals surface area contributed by atoms with Gasteiger partial charge in [0, 0.05) is 51.0 Å². The van der Waals surface area contributed by atoms with Crippen molar-refractivity contribution in [1.29, 1.82) is 0 Å². The lowest BCUT2D eigenvalue weighted by molar-refractivity contribution is 0.0767. The molecular weight excluding hydrogens is 442 g/mol. The highest BCUT2D eigenvalue weighted by molar-refractivity contribution is 7.29. The summed E-state index contributed by atoms with van der Waals surface area (Å²) in [4.78, 5) is 37.3. The number of hydrogen-bond acceptors (Lipinski definition) is 6. The second-order valence-electron chi connectivity index (χ2n) is 7.24. The van der Waals surface area contributed by atoms with E-state index in [1.54, 1.807) is 40.5 Å². The van der Waals surface area contributed by atoms with Gasteiger partial charge >= 0.3 is 6.03 Å². The van der Waals surface area contributed by atoms with Gasteiger partial charge in [-0.25, -0.2) is 9.78 Å². The van der Waals surface area contributed by atoms with E-state index in [0.717, 1.165) is 21.1 Å². The lowest BCUT2D eigenvalue weighted by Gasteiger charge is -2.22. The Morgan fingerprint density at radius 1 is 1.07 bits per heavy atom. The van der Waals surface area contributed by atoms with Gasteiger partial charge in [-0.2, -0.15) is 0 Å². The van der Waals surface area contributed by atoms with Crippen molar-refractivity contribution in [3.05, 3.63) is 40.2 Å². The summed E-state index contributed by atoms with van der Waals surface area (Å²) in [5.74, 6) is 0.0107. The minimum Gasteiger partial charge on any atom is -0.354 e. The summed E-state index contributed by atoms with van der Waals surface area (Å²) in [5, 5.41) is 4.45. The molecule has 2 aromatic heterocycles. The molecule has 0 radical (unpaired) electrons. The third-order valence-corrected chi connectivity index (χ3v) is 7.41. The number of amides is 3. The van der Waals surface area contributed by atoms with E-state index in [1.807, 2.05) is 30.0 Å².